The van der Waals surface area contributed by atoms with Crippen LogP contribution in [0, 0.1) is 0 Å². The Hall–Kier alpha value is -1.07. The first-order valence-electron chi connectivity index (χ1n) is 6.62. The van der Waals surface area contributed by atoms with Gasteiger partial charge in [0.15, 0.2) is 0 Å². The van der Waals surface area contributed by atoms with E-state index in [0.29, 0.717) is 19.6 Å². The standard InChI is InChI=1S/C15H20BrNO3/c1-14(2,3)20-13(18)17-15(9-19-10-15)8-11-6-4-5-7-12(11)16/h4-7H,8-10H2,1-3H3,(H,17,18). The monoisotopic (exact) mass is 341 g/mol. The van der Waals surface area contributed by atoms with Crippen molar-refractivity contribution in [3.63, 3.8) is 0 Å². The topological polar surface area (TPSA) is 47.6 Å². The Morgan fingerprint density at radius 1 is 1.40 bits per heavy atom. The number of alkyl carbamates (subject to hydrolysis) is 1. The van der Waals surface area contributed by atoms with Gasteiger partial charge in [-0.1, -0.05) is 34.1 Å². The molecule has 0 saturated carbocycles. The summed E-state index contributed by atoms with van der Waals surface area (Å²) in [5, 5.41) is 2.96. The molecule has 1 fully saturated rings. The van der Waals surface area contributed by atoms with Crippen LogP contribution in [0.25, 0.3) is 0 Å². The highest BCUT2D eigenvalue weighted by Crippen LogP contribution is 2.27. The van der Waals surface area contributed by atoms with Crippen LogP contribution in [0.4, 0.5) is 4.79 Å². The quantitative estimate of drug-likeness (QED) is 0.917. The maximum atomic E-state index is 11.9. The van der Waals surface area contributed by atoms with Gasteiger partial charge in [-0.3, -0.25) is 0 Å². The average Bonchev–Trinajstić information content (AvgIpc) is 2.26. The Bertz CT molecular complexity index is 492. The predicted molar refractivity (Wildman–Crippen MR) is 80.8 cm³/mol. The van der Waals surface area contributed by atoms with Crippen LogP contribution in [0.15, 0.2) is 28.7 Å². The van der Waals surface area contributed by atoms with E-state index in [1.54, 1.807) is 0 Å². The Balaban J connectivity index is 2.03. The largest absolute Gasteiger partial charge is 0.444 e. The van der Waals surface area contributed by atoms with Crippen molar-refractivity contribution in [1.29, 1.82) is 0 Å². The molecule has 0 radical (unpaired) electrons. The molecule has 1 aromatic rings. The summed E-state index contributed by atoms with van der Waals surface area (Å²) in [7, 11) is 0. The normalized spacial score (nSPS) is 17.2. The van der Waals surface area contributed by atoms with E-state index in [1.165, 1.54) is 0 Å². The Morgan fingerprint density at radius 3 is 2.55 bits per heavy atom. The van der Waals surface area contributed by atoms with Crippen LogP contribution in [0.1, 0.15) is 26.3 Å². The van der Waals surface area contributed by atoms with Gasteiger partial charge in [0.25, 0.3) is 0 Å². The zero-order valence-electron chi connectivity index (χ0n) is 12.0. The zero-order valence-corrected chi connectivity index (χ0v) is 13.6. The third-order valence-corrected chi connectivity index (χ3v) is 3.78. The number of hydrogen-bond donors (Lipinski definition) is 1. The van der Waals surface area contributed by atoms with Gasteiger partial charge in [-0.25, -0.2) is 4.79 Å². The van der Waals surface area contributed by atoms with Crippen molar-refractivity contribution in [3.05, 3.63) is 34.3 Å². The fraction of sp³-hybridized carbons (Fsp3) is 0.533. The molecule has 0 unspecified atom stereocenters. The number of carbonyl (C=O) groups excluding carboxylic acids is 1. The molecule has 0 bridgehead atoms. The molecule has 0 aromatic heterocycles. The van der Waals surface area contributed by atoms with E-state index in [4.69, 9.17) is 9.47 Å². The predicted octanol–water partition coefficient (Wildman–Crippen LogP) is 3.29. The summed E-state index contributed by atoms with van der Waals surface area (Å²) < 4.78 is 11.7. The fourth-order valence-electron chi connectivity index (χ4n) is 2.09. The number of ether oxygens (including phenoxy) is 2. The lowest BCUT2D eigenvalue weighted by Crippen LogP contribution is -2.64. The molecule has 1 saturated heterocycles. The van der Waals surface area contributed by atoms with Crippen molar-refractivity contribution in [1.82, 2.24) is 5.32 Å². The molecule has 2 rings (SSSR count). The Labute approximate surface area is 128 Å². The number of nitrogens with one attached hydrogen (secondary N) is 1. The van der Waals surface area contributed by atoms with Crippen molar-refractivity contribution in [3.8, 4) is 0 Å². The average molecular weight is 342 g/mol. The Morgan fingerprint density at radius 2 is 2.05 bits per heavy atom. The van der Waals surface area contributed by atoms with E-state index in [-0.39, 0.29) is 5.54 Å². The molecule has 0 atom stereocenters. The summed E-state index contributed by atoms with van der Waals surface area (Å²) in [5.74, 6) is 0. The summed E-state index contributed by atoms with van der Waals surface area (Å²) >= 11 is 3.53. The zero-order chi connectivity index (χ0) is 14.8. The van der Waals surface area contributed by atoms with E-state index in [9.17, 15) is 4.79 Å². The first-order chi connectivity index (χ1) is 9.30. The number of rotatable bonds is 3. The van der Waals surface area contributed by atoms with Gasteiger partial charge in [-0.05, 0) is 32.4 Å². The molecular formula is C15H20BrNO3. The summed E-state index contributed by atoms with van der Waals surface area (Å²) in [6, 6.07) is 8.00. The number of halogens is 1. The smallest absolute Gasteiger partial charge is 0.408 e. The first-order valence-corrected chi connectivity index (χ1v) is 7.41. The summed E-state index contributed by atoms with van der Waals surface area (Å²) in [5.41, 5.74) is 0.280. The van der Waals surface area contributed by atoms with Crippen LogP contribution in [0.2, 0.25) is 0 Å². The minimum absolute atomic E-state index is 0.369. The lowest BCUT2D eigenvalue weighted by atomic mass is 9.89. The maximum Gasteiger partial charge on any atom is 0.408 e. The van der Waals surface area contributed by atoms with Gasteiger partial charge in [-0.15, -0.1) is 0 Å². The van der Waals surface area contributed by atoms with Gasteiger partial charge >= 0.3 is 6.09 Å². The molecule has 20 heavy (non-hydrogen) atoms. The second-order valence-electron chi connectivity index (χ2n) is 6.17. The first kappa shape index (κ1) is 15.3. The number of amides is 1. The molecule has 1 aliphatic rings. The van der Waals surface area contributed by atoms with Crippen LogP contribution < -0.4 is 5.32 Å². The molecule has 1 N–H and O–H groups in total. The van der Waals surface area contributed by atoms with Crippen LogP contribution in [0.3, 0.4) is 0 Å². The van der Waals surface area contributed by atoms with E-state index < -0.39 is 11.7 Å². The fourth-order valence-corrected chi connectivity index (χ4v) is 2.52. The van der Waals surface area contributed by atoms with E-state index in [0.717, 1.165) is 10.0 Å². The van der Waals surface area contributed by atoms with Crippen LogP contribution >= 0.6 is 15.9 Å². The van der Waals surface area contributed by atoms with Gasteiger partial charge in [0.1, 0.15) is 5.60 Å². The van der Waals surface area contributed by atoms with Gasteiger partial charge in [0, 0.05) is 10.9 Å². The highest BCUT2D eigenvalue weighted by Gasteiger charge is 2.41. The summed E-state index contributed by atoms with van der Waals surface area (Å²) in [6.07, 6.45) is 0.320. The molecule has 1 aliphatic heterocycles. The SMILES string of the molecule is CC(C)(C)OC(=O)NC1(Cc2ccccc2Br)COC1. The molecule has 0 spiro atoms. The van der Waals surface area contributed by atoms with Gasteiger partial charge < -0.3 is 14.8 Å². The second-order valence-corrected chi connectivity index (χ2v) is 7.02. The lowest BCUT2D eigenvalue weighted by molar-refractivity contribution is -0.0754. The molecule has 5 heteroatoms. The van der Waals surface area contributed by atoms with Crippen molar-refractivity contribution in [2.45, 2.75) is 38.3 Å². The third kappa shape index (κ3) is 3.96. The van der Waals surface area contributed by atoms with Gasteiger partial charge in [0.05, 0.1) is 18.8 Å². The van der Waals surface area contributed by atoms with Crippen molar-refractivity contribution < 1.29 is 14.3 Å². The minimum atomic E-state index is -0.497. The summed E-state index contributed by atoms with van der Waals surface area (Å²) in [4.78, 5) is 11.9. The van der Waals surface area contributed by atoms with Crippen LogP contribution in [0.5, 0.6) is 0 Å². The van der Waals surface area contributed by atoms with Crippen LogP contribution in [-0.2, 0) is 15.9 Å². The highest BCUT2D eigenvalue weighted by atomic mass is 79.9. The molecular weight excluding hydrogens is 322 g/mol. The molecule has 4 nitrogen and oxygen atoms in total. The third-order valence-electron chi connectivity index (χ3n) is 3.01. The maximum absolute atomic E-state index is 11.9. The lowest BCUT2D eigenvalue weighted by Gasteiger charge is -2.42. The van der Waals surface area contributed by atoms with E-state index >= 15 is 0 Å². The molecule has 1 heterocycles. The van der Waals surface area contributed by atoms with E-state index in [1.807, 2.05) is 45.0 Å². The summed E-state index contributed by atoms with van der Waals surface area (Å²) in [6.45, 7) is 6.57. The Kier molecular flexibility index (Phi) is 4.39. The second kappa shape index (κ2) is 5.74. The van der Waals surface area contributed by atoms with Crippen LogP contribution in [-0.4, -0.2) is 30.4 Å². The van der Waals surface area contributed by atoms with Gasteiger partial charge in [-0.2, -0.15) is 0 Å². The molecule has 0 aliphatic carbocycles. The van der Waals surface area contributed by atoms with E-state index in [2.05, 4.69) is 21.2 Å². The number of carbonyl (C=O) groups is 1. The van der Waals surface area contributed by atoms with Crippen molar-refractivity contribution in [2.75, 3.05) is 13.2 Å². The number of benzene rings is 1. The highest BCUT2D eigenvalue weighted by molar-refractivity contribution is 9.10. The number of hydrogen-bond acceptors (Lipinski definition) is 3. The van der Waals surface area contributed by atoms with Crippen molar-refractivity contribution >= 4 is 22.0 Å². The molecule has 1 amide bonds. The van der Waals surface area contributed by atoms with Gasteiger partial charge in [0.2, 0.25) is 0 Å². The molecule has 1 aromatic carbocycles. The minimum Gasteiger partial charge on any atom is -0.444 e. The molecule has 110 valence electrons. The van der Waals surface area contributed by atoms with Crippen molar-refractivity contribution in [2.24, 2.45) is 0 Å².